The van der Waals surface area contributed by atoms with Crippen molar-refractivity contribution < 1.29 is 12.8 Å². The lowest BCUT2D eigenvalue weighted by atomic mass is 9.82. The van der Waals surface area contributed by atoms with Crippen LogP contribution < -0.4 is 15.4 Å². The van der Waals surface area contributed by atoms with Crippen LogP contribution in [0.2, 0.25) is 0 Å². The highest BCUT2D eigenvalue weighted by Crippen LogP contribution is 2.30. The zero-order valence-electron chi connectivity index (χ0n) is 24.0. The van der Waals surface area contributed by atoms with E-state index in [0.29, 0.717) is 35.8 Å². The molecule has 1 fully saturated rings. The van der Waals surface area contributed by atoms with Gasteiger partial charge in [-0.3, -0.25) is 0 Å². The number of rotatable bonds is 11. The minimum atomic E-state index is -3.59. The quantitative estimate of drug-likeness (QED) is 0.156. The molecule has 1 aliphatic rings. The number of hydrogen-bond donors (Lipinski definition) is 3. The van der Waals surface area contributed by atoms with Crippen LogP contribution in [0.4, 0.5) is 16.2 Å². The van der Waals surface area contributed by atoms with Crippen LogP contribution in [0.5, 0.6) is 0 Å². The second-order valence-electron chi connectivity index (χ2n) is 11.3. The van der Waals surface area contributed by atoms with Gasteiger partial charge in [0.15, 0.2) is 0 Å². The smallest absolute Gasteiger partial charge is 0.241 e. The van der Waals surface area contributed by atoms with E-state index in [-0.39, 0.29) is 5.82 Å². The predicted octanol–water partition coefficient (Wildman–Crippen LogP) is 6.77. The summed E-state index contributed by atoms with van der Waals surface area (Å²) in [4.78, 5) is 9.86. The first-order chi connectivity index (χ1) is 20.9. The molecule has 0 radical (unpaired) electrons. The fourth-order valence-electron chi connectivity index (χ4n) is 5.88. The number of halogens is 1. The Hall–Kier alpha value is -4.08. The van der Waals surface area contributed by atoms with Gasteiger partial charge in [-0.25, -0.2) is 22.5 Å². The summed E-state index contributed by atoms with van der Waals surface area (Å²) in [5.74, 6) is 1.92. The highest BCUT2D eigenvalue weighted by atomic mass is 32.2. The fourth-order valence-corrected chi connectivity index (χ4v) is 7.22. The summed E-state index contributed by atoms with van der Waals surface area (Å²) in [5.41, 5.74) is 1.93. The maximum Gasteiger partial charge on any atom is 0.241 e. The number of fused-ring (bicyclic) bond motifs is 2. The third kappa shape index (κ3) is 7.12. The Balaban J connectivity index is 1.01. The van der Waals surface area contributed by atoms with Crippen molar-refractivity contribution in [1.82, 2.24) is 14.7 Å². The molecule has 1 saturated carbocycles. The highest BCUT2D eigenvalue weighted by Gasteiger charge is 2.24. The summed E-state index contributed by atoms with van der Waals surface area (Å²) < 4.78 is 42.4. The molecule has 5 aromatic rings. The van der Waals surface area contributed by atoms with E-state index < -0.39 is 10.0 Å². The maximum atomic E-state index is 13.2. The molecule has 43 heavy (non-hydrogen) atoms. The Labute approximate surface area is 252 Å². The Morgan fingerprint density at radius 3 is 2.19 bits per heavy atom. The molecule has 0 aliphatic heterocycles. The second kappa shape index (κ2) is 13.1. The van der Waals surface area contributed by atoms with Crippen LogP contribution in [0.1, 0.15) is 31.2 Å². The van der Waals surface area contributed by atoms with Crippen molar-refractivity contribution >= 4 is 43.5 Å². The van der Waals surface area contributed by atoms with Crippen molar-refractivity contribution in [2.24, 2.45) is 11.8 Å². The molecule has 7 nitrogen and oxygen atoms in total. The molecule has 0 bridgehead atoms. The molecule has 1 heterocycles. The molecule has 0 amide bonds. The first-order valence-electron chi connectivity index (χ1n) is 14.9. The third-order valence-corrected chi connectivity index (χ3v) is 9.82. The van der Waals surface area contributed by atoms with Crippen LogP contribution in [0.15, 0.2) is 95.9 Å². The van der Waals surface area contributed by atoms with Crippen LogP contribution in [-0.4, -0.2) is 38.0 Å². The first-order valence-corrected chi connectivity index (χ1v) is 16.4. The molecular formula is C34H36FN5O2S. The van der Waals surface area contributed by atoms with Gasteiger partial charge in [0.1, 0.15) is 11.6 Å². The zero-order chi connectivity index (χ0) is 29.6. The van der Waals surface area contributed by atoms with Gasteiger partial charge in [-0.05, 0) is 85.2 Å². The molecule has 1 aliphatic carbocycles. The molecule has 0 spiro atoms. The van der Waals surface area contributed by atoms with Gasteiger partial charge in [-0.2, -0.15) is 4.98 Å². The lowest BCUT2D eigenvalue weighted by Gasteiger charge is -2.28. The van der Waals surface area contributed by atoms with Crippen molar-refractivity contribution in [2.45, 2.75) is 37.0 Å². The van der Waals surface area contributed by atoms with E-state index in [2.05, 4.69) is 15.4 Å². The lowest BCUT2D eigenvalue weighted by molar-refractivity contribution is 0.284. The first kappa shape index (κ1) is 29.0. The van der Waals surface area contributed by atoms with Gasteiger partial charge in [0.25, 0.3) is 0 Å². The monoisotopic (exact) mass is 597 g/mol. The zero-order valence-corrected chi connectivity index (χ0v) is 24.8. The van der Waals surface area contributed by atoms with Crippen molar-refractivity contribution in [3.05, 3.63) is 102 Å². The summed E-state index contributed by atoms with van der Waals surface area (Å²) in [5, 5.41) is 9.52. The Bertz CT molecular complexity index is 1800. The number of anilines is 2. The van der Waals surface area contributed by atoms with Crippen LogP contribution in [0.25, 0.3) is 21.7 Å². The van der Waals surface area contributed by atoms with E-state index in [4.69, 9.17) is 9.97 Å². The van der Waals surface area contributed by atoms with E-state index in [1.807, 2.05) is 54.6 Å². The van der Waals surface area contributed by atoms with Crippen molar-refractivity contribution in [3.63, 3.8) is 0 Å². The molecule has 4 aromatic carbocycles. The molecule has 9 heteroatoms. The van der Waals surface area contributed by atoms with Crippen LogP contribution >= 0.6 is 0 Å². The summed E-state index contributed by atoms with van der Waals surface area (Å²) in [6, 6.07) is 27.5. The predicted molar refractivity (Wildman–Crippen MR) is 171 cm³/mol. The lowest BCUT2D eigenvalue weighted by Crippen LogP contribution is -2.32. The van der Waals surface area contributed by atoms with E-state index in [9.17, 15) is 12.8 Å². The van der Waals surface area contributed by atoms with Crippen LogP contribution in [-0.2, 0) is 16.4 Å². The largest absolute Gasteiger partial charge is 0.369 e. The number of nitrogens with zero attached hydrogens (tertiary/aromatic N) is 2. The van der Waals surface area contributed by atoms with Gasteiger partial charge < -0.3 is 10.6 Å². The van der Waals surface area contributed by atoms with E-state index >= 15 is 0 Å². The minimum Gasteiger partial charge on any atom is -0.369 e. The molecule has 1 aromatic heterocycles. The van der Waals surface area contributed by atoms with Gasteiger partial charge in [0.2, 0.25) is 16.0 Å². The number of sulfonamides is 1. The number of para-hydroxylation sites is 1. The summed E-state index contributed by atoms with van der Waals surface area (Å²) in [6.07, 6.45) is 4.73. The number of hydrogen-bond acceptors (Lipinski definition) is 6. The molecule has 0 unspecified atom stereocenters. The summed E-state index contributed by atoms with van der Waals surface area (Å²) >= 11 is 0. The van der Waals surface area contributed by atoms with Crippen molar-refractivity contribution in [2.75, 3.05) is 30.3 Å². The number of aromatic nitrogens is 2. The summed E-state index contributed by atoms with van der Waals surface area (Å²) in [7, 11) is -3.59. The SMILES string of the molecule is O=S(=O)(NC[C@H]1CC[C@H](CNc2nc(NCCc3ccc(F)cc3)c3ccccc3n2)CC1)c1cccc2ccccc12. The normalized spacial score (nSPS) is 17.2. The van der Waals surface area contributed by atoms with Gasteiger partial charge in [0, 0.05) is 30.4 Å². The molecular weight excluding hydrogens is 561 g/mol. The van der Waals surface area contributed by atoms with E-state index in [1.165, 1.54) is 12.1 Å². The average Bonchev–Trinajstić information content (AvgIpc) is 3.04. The Kier molecular flexibility index (Phi) is 8.81. The highest BCUT2D eigenvalue weighted by molar-refractivity contribution is 7.89. The Morgan fingerprint density at radius 2 is 1.40 bits per heavy atom. The van der Waals surface area contributed by atoms with Gasteiger partial charge in [-0.1, -0.05) is 60.7 Å². The maximum absolute atomic E-state index is 13.2. The molecule has 0 saturated heterocycles. The topological polar surface area (TPSA) is 96.0 Å². The van der Waals surface area contributed by atoms with Crippen molar-refractivity contribution in [1.29, 1.82) is 0 Å². The minimum absolute atomic E-state index is 0.232. The molecule has 0 atom stereocenters. The molecule has 3 N–H and O–H groups in total. The molecule has 6 rings (SSSR count). The Morgan fingerprint density at radius 1 is 0.721 bits per heavy atom. The van der Waals surface area contributed by atoms with E-state index in [1.54, 1.807) is 24.3 Å². The second-order valence-corrected chi connectivity index (χ2v) is 13.0. The van der Waals surface area contributed by atoms with Crippen LogP contribution in [0.3, 0.4) is 0 Å². The molecule has 222 valence electrons. The van der Waals surface area contributed by atoms with Gasteiger partial charge in [-0.15, -0.1) is 0 Å². The van der Waals surface area contributed by atoms with Crippen LogP contribution in [0, 0.1) is 17.7 Å². The summed E-state index contributed by atoms with van der Waals surface area (Å²) in [6.45, 7) is 1.88. The number of benzene rings is 4. The number of nitrogens with one attached hydrogen (secondary N) is 3. The fraction of sp³-hybridized carbons (Fsp3) is 0.294. The van der Waals surface area contributed by atoms with E-state index in [0.717, 1.165) is 71.7 Å². The standard InChI is InChI=1S/C34H36FN5O2S/c35-28-18-16-24(17-19-28)20-21-36-33-30-9-3-4-10-31(30)39-34(40-33)37-22-25-12-14-26(15-13-25)23-38-43(41,42)32-11-5-7-27-6-1-2-8-29(27)32/h1-11,16-19,25-26,38H,12-15,20-23H2,(H2,36,37,39,40)/t25-,26-. The van der Waals surface area contributed by atoms with Crippen molar-refractivity contribution in [3.8, 4) is 0 Å². The van der Waals surface area contributed by atoms with Gasteiger partial charge >= 0.3 is 0 Å². The van der Waals surface area contributed by atoms with Gasteiger partial charge in [0.05, 0.1) is 10.4 Å². The average molecular weight is 598 g/mol. The third-order valence-electron chi connectivity index (χ3n) is 8.34.